The molecule has 7 nitrogen and oxygen atoms in total. The lowest BCUT2D eigenvalue weighted by atomic mass is 9.94. The van der Waals surface area contributed by atoms with E-state index in [2.05, 4.69) is 19.7 Å². The number of amides is 1. The summed E-state index contributed by atoms with van der Waals surface area (Å²) in [7, 11) is -3.73. The van der Waals surface area contributed by atoms with Gasteiger partial charge in [-0.15, -0.1) is 0 Å². The van der Waals surface area contributed by atoms with Gasteiger partial charge < -0.3 is 5.32 Å². The maximum atomic E-state index is 12.1. The molecule has 140 valence electrons. The molecule has 0 radical (unpaired) electrons. The number of carbonyl (C=O) groups is 1. The number of benzene rings is 1. The highest BCUT2D eigenvalue weighted by Crippen LogP contribution is 2.14. The van der Waals surface area contributed by atoms with Gasteiger partial charge in [-0.2, -0.15) is 13.1 Å². The van der Waals surface area contributed by atoms with Crippen LogP contribution in [-0.2, 0) is 10.2 Å². The van der Waals surface area contributed by atoms with Crippen LogP contribution >= 0.6 is 11.6 Å². The van der Waals surface area contributed by atoms with E-state index in [0.717, 1.165) is 0 Å². The van der Waals surface area contributed by atoms with Crippen molar-refractivity contribution in [1.82, 2.24) is 15.0 Å². The Morgan fingerprint density at radius 2 is 1.85 bits per heavy atom. The molecule has 1 heterocycles. The van der Waals surface area contributed by atoms with Gasteiger partial charge in [0.15, 0.2) is 0 Å². The highest BCUT2D eigenvalue weighted by molar-refractivity contribution is 7.90. The number of rotatable bonds is 8. The van der Waals surface area contributed by atoms with E-state index in [0.29, 0.717) is 22.8 Å². The van der Waals surface area contributed by atoms with Crippen LogP contribution in [0.25, 0.3) is 0 Å². The summed E-state index contributed by atoms with van der Waals surface area (Å²) in [5.41, 5.74) is 0.365. The van der Waals surface area contributed by atoms with Gasteiger partial charge in [0, 0.05) is 29.9 Å². The fourth-order valence-corrected chi connectivity index (χ4v) is 3.20. The van der Waals surface area contributed by atoms with Gasteiger partial charge >= 0.3 is 0 Å². The molecule has 1 aromatic carbocycles. The molecule has 0 saturated heterocycles. The average Bonchev–Trinajstić information content (AvgIpc) is 2.59. The van der Waals surface area contributed by atoms with Crippen molar-refractivity contribution in [2.75, 3.05) is 17.8 Å². The lowest BCUT2D eigenvalue weighted by Gasteiger charge is -2.25. The van der Waals surface area contributed by atoms with Crippen molar-refractivity contribution in [1.29, 1.82) is 0 Å². The minimum absolute atomic E-state index is 0.142. The number of nitrogens with one attached hydrogen (secondary N) is 3. The first-order chi connectivity index (χ1) is 12.2. The van der Waals surface area contributed by atoms with Crippen LogP contribution < -0.4 is 14.8 Å². The molecule has 1 amide bonds. The van der Waals surface area contributed by atoms with E-state index in [4.69, 9.17) is 11.6 Å². The SMILES string of the molecule is CC(C)(CNC(=O)c1ccc(Cl)cc1)CNS(=O)(=O)Nc1cccnc1. The van der Waals surface area contributed by atoms with Crippen molar-refractivity contribution in [2.24, 2.45) is 5.41 Å². The quantitative estimate of drug-likeness (QED) is 0.638. The van der Waals surface area contributed by atoms with Crippen molar-refractivity contribution in [3.8, 4) is 0 Å². The Morgan fingerprint density at radius 3 is 2.46 bits per heavy atom. The lowest BCUT2D eigenvalue weighted by Crippen LogP contribution is -2.43. The monoisotopic (exact) mass is 396 g/mol. The van der Waals surface area contributed by atoms with Gasteiger partial charge in [-0.3, -0.25) is 14.5 Å². The van der Waals surface area contributed by atoms with E-state index >= 15 is 0 Å². The molecular formula is C17H21ClN4O3S. The highest BCUT2D eigenvalue weighted by Gasteiger charge is 2.22. The predicted molar refractivity (Wildman–Crippen MR) is 102 cm³/mol. The molecule has 0 aliphatic heterocycles. The number of aromatic nitrogens is 1. The number of hydrogen-bond acceptors (Lipinski definition) is 4. The van der Waals surface area contributed by atoms with E-state index < -0.39 is 15.6 Å². The van der Waals surface area contributed by atoms with Crippen molar-refractivity contribution in [3.05, 3.63) is 59.4 Å². The molecule has 3 N–H and O–H groups in total. The van der Waals surface area contributed by atoms with Crippen molar-refractivity contribution >= 4 is 33.4 Å². The van der Waals surface area contributed by atoms with E-state index in [1.807, 2.05) is 13.8 Å². The number of pyridine rings is 1. The van der Waals surface area contributed by atoms with Gasteiger partial charge in [-0.25, -0.2) is 0 Å². The summed E-state index contributed by atoms with van der Waals surface area (Å²) in [4.78, 5) is 16.0. The van der Waals surface area contributed by atoms with Crippen LogP contribution in [0.15, 0.2) is 48.8 Å². The molecule has 0 unspecified atom stereocenters. The van der Waals surface area contributed by atoms with Crippen LogP contribution in [0, 0.1) is 5.41 Å². The van der Waals surface area contributed by atoms with Crippen molar-refractivity contribution < 1.29 is 13.2 Å². The minimum atomic E-state index is -3.73. The van der Waals surface area contributed by atoms with Gasteiger partial charge in [0.05, 0.1) is 11.9 Å². The fraction of sp³-hybridized carbons (Fsp3) is 0.294. The summed E-state index contributed by atoms with van der Waals surface area (Å²) >= 11 is 5.80. The zero-order valence-electron chi connectivity index (χ0n) is 14.5. The second-order valence-corrected chi connectivity index (χ2v) is 8.46. The van der Waals surface area contributed by atoms with Gasteiger partial charge in [-0.1, -0.05) is 25.4 Å². The van der Waals surface area contributed by atoms with E-state index in [-0.39, 0.29) is 12.5 Å². The number of anilines is 1. The normalized spacial score (nSPS) is 11.8. The topological polar surface area (TPSA) is 100 Å². The number of halogens is 1. The number of carbonyl (C=O) groups excluding carboxylic acids is 1. The summed E-state index contributed by atoms with van der Waals surface area (Å²) in [6.07, 6.45) is 2.97. The summed E-state index contributed by atoms with van der Waals surface area (Å²) in [6, 6.07) is 9.77. The molecule has 0 bridgehead atoms. The molecule has 26 heavy (non-hydrogen) atoms. The molecule has 0 atom stereocenters. The first kappa shape index (κ1) is 20.2. The number of hydrogen-bond donors (Lipinski definition) is 3. The highest BCUT2D eigenvalue weighted by atomic mass is 35.5. The summed E-state index contributed by atoms with van der Waals surface area (Å²) in [5.74, 6) is -0.244. The summed E-state index contributed by atoms with van der Waals surface area (Å²) in [6.45, 7) is 4.14. The maximum absolute atomic E-state index is 12.1. The lowest BCUT2D eigenvalue weighted by molar-refractivity contribution is 0.0937. The van der Waals surface area contributed by atoms with E-state index in [1.54, 1.807) is 42.6 Å². The Kier molecular flexibility index (Phi) is 6.57. The smallest absolute Gasteiger partial charge is 0.299 e. The largest absolute Gasteiger partial charge is 0.351 e. The van der Waals surface area contributed by atoms with Gasteiger partial charge in [0.2, 0.25) is 0 Å². The second kappa shape index (κ2) is 8.48. The van der Waals surface area contributed by atoms with Gasteiger partial charge in [-0.05, 0) is 41.8 Å². The van der Waals surface area contributed by atoms with Crippen molar-refractivity contribution in [2.45, 2.75) is 13.8 Å². The van der Waals surface area contributed by atoms with Crippen LogP contribution in [0.3, 0.4) is 0 Å². The number of nitrogens with zero attached hydrogens (tertiary/aromatic N) is 1. The Labute approximate surface area is 158 Å². The first-order valence-electron chi connectivity index (χ1n) is 7.88. The molecule has 0 aliphatic rings. The molecule has 2 aromatic rings. The van der Waals surface area contributed by atoms with E-state index in [1.165, 1.54) is 6.20 Å². The Morgan fingerprint density at radius 1 is 1.15 bits per heavy atom. The average molecular weight is 397 g/mol. The third kappa shape index (κ3) is 6.62. The minimum Gasteiger partial charge on any atom is -0.351 e. The summed E-state index contributed by atoms with van der Waals surface area (Å²) in [5, 5.41) is 3.35. The van der Waals surface area contributed by atoms with Gasteiger partial charge in [0.25, 0.3) is 16.1 Å². The Hall–Kier alpha value is -2.16. The Balaban J connectivity index is 1.85. The fourth-order valence-electron chi connectivity index (χ4n) is 1.99. The molecule has 0 aliphatic carbocycles. The molecular weight excluding hydrogens is 376 g/mol. The predicted octanol–water partition coefficient (Wildman–Crippen LogP) is 2.44. The maximum Gasteiger partial charge on any atom is 0.299 e. The zero-order valence-corrected chi connectivity index (χ0v) is 16.1. The van der Waals surface area contributed by atoms with Gasteiger partial charge in [0.1, 0.15) is 0 Å². The summed E-state index contributed by atoms with van der Waals surface area (Å²) < 4.78 is 29.0. The zero-order chi connectivity index (χ0) is 19.2. The Bertz CT molecular complexity index is 840. The third-order valence-corrected chi connectivity index (χ3v) is 4.77. The van der Waals surface area contributed by atoms with Crippen molar-refractivity contribution in [3.63, 3.8) is 0 Å². The van der Waals surface area contributed by atoms with E-state index in [9.17, 15) is 13.2 Å². The second-order valence-electron chi connectivity index (χ2n) is 6.52. The van der Waals surface area contributed by atoms with Crippen LogP contribution in [0.1, 0.15) is 24.2 Å². The molecule has 1 aromatic heterocycles. The van der Waals surface area contributed by atoms with Crippen LogP contribution in [0.2, 0.25) is 5.02 Å². The molecule has 0 fully saturated rings. The molecule has 0 saturated carbocycles. The van der Waals surface area contributed by atoms with Crippen LogP contribution in [0.4, 0.5) is 5.69 Å². The standard InChI is InChI=1S/C17H21ClN4O3S/c1-17(2,11-20-16(23)13-5-7-14(18)8-6-13)12-21-26(24,25)22-15-4-3-9-19-10-15/h3-10,21-22H,11-12H2,1-2H3,(H,20,23). The van der Waals surface area contributed by atoms with Crippen LogP contribution in [-0.4, -0.2) is 32.4 Å². The third-order valence-electron chi connectivity index (χ3n) is 3.49. The molecule has 0 spiro atoms. The molecule has 9 heteroatoms. The first-order valence-corrected chi connectivity index (χ1v) is 9.74. The molecule has 2 rings (SSSR count). The van der Waals surface area contributed by atoms with Crippen LogP contribution in [0.5, 0.6) is 0 Å².